The molecule has 1 aromatic rings. The number of carbonyl (C=O) groups excluding carboxylic acids is 3. The number of aliphatic hydroxyl groups is 6. The molecule has 0 saturated carbocycles. The van der Waals surface area contributed by atoms with Crippen molar-refractivity contribution in [3.8, 4) is 5.75 Å². The summed E-state index contributed by atoms with van der Waals surface area (Å²) in [6.45, 7) is -1.07. The van der Waals surface area contributed by atoms with Crippen LogP contribution in [0.2, 0.25) is 0 Å². The molecule has 4 rings (SSSR count). The van der Waals surface area contributed by atoms with Crippen LogP contribution in [0.4, 0.5) is 0 Å². The number of nitrogens with two attached hydrogens (primary N) is 1. The highest BCUT2D eigenvalue weighted by molar-refractivity contribution is 6.24. The van der Waals surface area contributed by atoms with Crippen molar-refractivity contribution < 1.29 is 50.1 Å². The molecular formula is C20H19NO10. The molecule has 3 aliphatic carbocycles. The summed E-state index contributed by atoms with van der Waals surface area (Å²) in [5.41, 5.74) is -2.87. The van der Waals surface area contributed by atoms with Gasteiger partial charge < -0.3 is 41.5 Å². The number of primary amides is 1. The lowest BCUT2D eigenvalue weighted by atomic mass is 9.55. The Labute approximate surface area is 174 Å². The van der Waals surface area contributed by atoms with Crippen molar-refractivity contribution in [1.82, 2.24) is 0 Å². The van der Waals surface area contributed by atoms with Gasteiger partial charge in [0.05, 0.1) is 29.8 Å². The molecule has 0 aliphatic heterocycles. The van der Waals surface area contributed by atoms with Crippen LogP contribution in [-0.2, 0) is 15.2 Å². The fourth-order valence-electron chi connectivity index (χ4n) is 5.00. The van der Waals surface area contributed by atoms with Gasteiger partial charge in [0.1, 0.15) is 28.4 Å². The molecule has 0 aromatic heterocycles. The van der Waals surface area contributed by atoms with Crippen molar-refractivity contribution in [3.05, 3.63) is 52.0 Å². The number of hydrogen-bond acceptors (Lipinski definition) is 10. The van der Waals surface area contributed by atoms with Gasteiger partial charge in [-0.3, -0.25) is 14.4 Å². The van der Waals surface area contributed by atoms with E-state index in [1.807, 2.05) is 0 Å². The van der Waals surface area contributed by atoms with Crippen LogP contribution in [0, 0.1) is 11.8 Å². The summed E-state index contributed by atoms with van der Waals surface area (Å²) in [5.74, 6) is -10.2. The molecule has 164 valence electrons. The Morgan fingerprint density at radius 2 is 1.81 bits per heavy atom. The third-order valence-electron chi connectivity index (χ3n) is 6.48. The summed E-state index contributed by atoms with van der Waals surface area (Å²) in [6, 6.07) is 3.64. The number of carbonyl (C=O) groups is 3. The number of benzene rings is 1. The number of aromatic hydroxyl groups is 1. The average Bonchev–Trinajstić information content (AvgIpc) is 2.70. The standard InChI is InChI=1S/C20H19NO10/c21-18(29)11-9(24)4-7-14(25)13-12(17(28)20(7,31)16(11)27)15(26)10-6(19(13,30)5-22)2-1-3-8(10)23/h1-3,7,13-14,22-25,28,30-31H,4-5H2,(H2,21,29)/t7-,13-,14-,19?,20-/m1/s1. The molecule has 1 aromatic carbocycles. The van der Waals surface area contributed by atoms with Crippen LogP contribution >= 0.6 is 0 Å². The Balaban J connectivity index is 2.06. The van der Waals surface area contributed by atoms with E-state index in [1.165, 1.54) is 12.1 Å². The SMILES string of the molecule is NC(=O)C1=C(O)C[C@@H]2[C@@H](O)[C@H]3C(=C(O)[C@]2(O)C1=O)C(=O)c1c(O)cccc1C3(O)CO. The number of ketones is 2. The van der Waals surface area contributed by atoms with Crippen molar-refractivity contribution in [2.24, 2.45) is 17.6 Å². The van der Waals surface area contributed by atoms with Gasteiger partial charge in [0.2, 0.25) is 5.78 Å². The number of rotatable bonds is 2. The zero-order chi connectivity index (χ0) is 23.0. The largest absolute Gasteiger partial charge is 0.511 e. The molecule has 11 nitrogen and oxygen atoms in total. The molecule has 0 radical (unpaired) electrons. The van der Waals surface area contributed by atoms with Crippen LogP contribution < -0.4 is 5.73 Å². The molecule has 1 amide bonds. The summed E-state index contributed by atoms with van der Waals surface area (Å²) >= 11 is 0. The highest BCUT2D eigenvalue weighted by Gasteiger charge is 2.67. The van der Waals surface area contributed by atoms with Gasteiger partial charge in [0.15, 0.2) is 11.4 Å². The smallest absolute Gasteiger partial charge is 0.255 e. The van der Waals surface area contributed by atoms with E-state index in [1.54, 1.807) is 0 Å². The lowest BCUT2D eigenvalue weighted by Gasteiger charge is -2.52. The second-order valence-electron chi connectivity index (χ2n) is 7.93. The first-order valence-electron chi connectivity index (χ1n) is 9.24. The zero-order valence-corrected chi connectivity index (χ0v) is 15.8. The lowest BCUT2D eigenvalue weighted by molar-refractivity contribution is -0.171. The van der Waals surface area contributed by atoms with E-state index in [0.717, 1.165) is 6.07 Å². The Morgan fingerprint density at radius 3 is 2.39 bits per heavy atom. The Kier molecular flexibility index (Phi) is 4.32. The number of phenols is 1. The van der Waals surface area contributed by atoms with Crippen LogP contribution in [0.5, 0.6) is 5.75 Å². The predicted octanol–water partition coefficient (Wildman–Crippen LogP) is -1.81. The molecule has 0 heterocycles. The molecule has 1 unspecified atom stereocenters. The number of allylic oxidation sites excluding steroid dienone is 1. The molecular weight excluding hydrogens is 414 g/mol. The summed E-state index contributed by atoms with van der Waals surface area (Å²) in [4.78, 5) is 37.7. The quantitative estimate of drug-likeness (QED) is 0.244. The number of aliphatic hydroxyl groups excluding tert-OH is 4. The maximum absolute atomic E-state index is 13.2. The topological polar surface area (TPSA) is 219 Å². The Morgan fingerprint density at radius 1 is 1.16 bits per heavy atom. The first-order valence-corrected chi connectivity index (χ1v) is 9.24. The molecule has 0 fully saturated rings. The predicted molar refractivity (Wildman–Crippen MR) is 99.5 cm³/mol. The summed E-state index contributed by atoms with van der Waals surface area (Å²) in [6.07, 6.45) is -2.65. The second kappa shape index (κ2) is 6.37. The number of Topliss-reactive ketones (excluding diaryl/α,β-unsaturated/α-hetero) is 2. The second-order valence-corrected chi connectivity index (χ2v) is 7.93. The fraction of sp³-hybridized carbons (Fsp3) is 0.350. The van der Waals surface area contributed by atoms with Gasteiger partial charge in [-0.05, 0) is 6.07 Å². The minimum atomic E-state index is -3.02. The van der Waals surface area contributed by atoms with Gasteiger partial charge in [-0.2, -0.15) is 0 Å². The minimum Gasteiger partial charge on any atom is -0.511 e. The van der Waals surface area contributed by atoms with Crippen LogP contribution in [0.25, 0.3) is 0 Å². The molecule has 0 bridgehead atoms. The Hall–Kier alpha value is -3.25. The maximum Gasteiger partial charge on any atom is 0.255 e. The van der Waals surface area contributed by atoms with E-state index in [-0.39, 0.29) is 5.56 Å². The average molecular weight is 433 g/mol. The van der Waals surface area contributed by atoms with E-state index in [4.69, 9.17) is 5.73 Å². The van der Waals surface area contributed by atoms with Crippen molar-refractivity contribution in [2.75, 3.05) is 6.61 Å². The van der Waals surface area contributed by atoms with Crippen LogP contribution in [0.15, 0.2) is 40.9 Å². The van der Waals surface area contributed by atoms with Crippen molar-refractivity contribution in [2.45, 2.75) is 23.7 Å². The fourth-order valence-corrected chi connectivity index (χ4v) is 5.00. The van der Waals surface area contributed by atoms with E-state index >= 15 is 0 Å². The third-order valence-corrected chi connectivity index (χ3v) is 6.48. The van der Waals surface area contributed by atoms with E-state index < -0.39 is 93.6 Å². The first kappa shape index (κ1) is 21.0. The number of hydrogen-bond donors (Lipinski definition) is 8. The summed E-state index contributed by atoms with van der Waals surface area (Å²) in [5, 5.41) is 74.6. The molecule has 0 saturated heterocycles. The third kappa shape index (κ3) is 2.34. The van der Waals surface area contributed by atoms with Crippen molar-refractivity contribution in [1.29, 1.82) is 0 Å². The minimum absolute atomic E-state index is 0.231. The van der Waals surface area contributed by atoms with Crippen molar-refractivity contribution >= 4 is 17.5 Å². The van der Waals surface area contributed by atoms with Gasteiger partial charge in [-0.15, -0.1) is 0 Å². The highest BCUT2D eigenvalue weighted by atomic mass is 16.4. The van der Waals surface area contributed by atoms with Crippen LogP contribution in [-0.4, -0.2) is 71.5 Å². The monoisotopic (exact) mass is 433 g/mol. The number of phenolic OH excluding ortho intramolecular Hbond substituents is 1. The molecule has 5 atom stereocenters. The van der Waals surface area contributed by atoms with Crippen molar-refractivity contribution in [3.63, 3.8) is 0 Å². The van der Waals surface area contributed by atoms with E-state index in [9.17, 15) is 50.1 Å². The van der Waals surface area contributed by atoms with Gasteiger partial charge in [0, 0.05) is 17.9 Å². The summed E-state index contributed by atoms with van der Waals surface area (Å²) in [7, 11) is 0. The molecule has 31 heavy (non-hydrogen) atoms. The number of fused-ring (bicyclic) bond motifs is 3. The van der Waals surface area contributed by atoms with Gasteiger partial charge in [-0.1, -0.05) is 12.1 Å². The van der Waals surface area contributed by atoms with Gasteiger partial charge in [0.25, 0.3) is 5.91 Å². The molecule has 11 heteroatoms. The van der Waals surface area contributed by atoms with Gasteiger partial charge in [-0.25, -0.2) is 0 Å². The lowest BCUT2D eigenvalue weighted by Crippen LogP contribution is -2.65. The van der Waals surface area contributed by atoms with Crippen LogP contribution in [0.3, 0.4) is 0 Å². The maximum atomic E-state index is 13.2. The molecule has 3 aliphatic rings. The van der Waals surface area contributed by atoms with E-state index in [0.29, 0.717) is 0 Å². The highest BCUT2D eigenvalue weighted by Crippen LogP contribution is 2.56. The van der Waals surface area contributed by atoms with Crippen LogP contribution in [0.1, 0.15) is 22.3 Å². The first-order chi connectivity index (χ1) is 14.4. The van der Waals surface area contributed by atoms with E-state index in [2.05, 4.69) is 0 Å². The Bertz CT molecular complexity index is 1120. The zero-order valence-electron chi connectivity index (χ0n) is 15.8. The summed E-state index contributed by atoms with van der Waals surface area (Å²) < 4.78 is 0. The van der Waals surface area contributed by atoms with Gasteiger partial charge >= 0.3 is 0 Å². The molecule has 9 N–H and O–H groups in total. The molecule has 0 spiro atoms. The number of amides is 1. The normalized spacial score (nSPS) is 34.9.